The first-order chi connectivity index (χ1) is 11.3. The predicted octanol–water partition coefficient (Wildman–Crippen LogP) is 5.46. The number of H-pyrrole nitrogens is 1. The van der Waals surface area contributed by atoms with Crippen molar-refractivity contribution in [3.63, 3.8) is 0 Å². The molecule has 1 heterocycles. The number of rotatable bonds is 3. The number of benzene rings is 3. The molecular formula is C21H18N2. The van der Waals surface area contributed by atoms with Crippen molar-refractivity contribution in [3.8, 4) is 22.5 Å². The minimum Gasteiger partial charge on any atom is -0.338 e. The minimum absolute atomic E-state index is 0.924. The van der Waals surface area contributed by atoms with Gasteiger partial charge in [0.2, 0.25) is 0 Å². The Balaban J connectivity index is 1.89. The van der Waals surface area contributed by atoms with Crippen molar-refractivity contribution in [1.29, 1.82) is 0 Å². The number of aromatic amines is 1. The summed E-state index contributed by atoms with van der Waals surface area (Å²) in [6.45, 7) is 2.20. The van der Waals surface area contributed by atoms with Gasteiger partial charge in [0, 0.05) is 5.56 Å². The molecule has 1 aromatic heterocycles. The van der Waals surface area contributed by atoms with Crippen LogP contribution in [-0.2, 0) is 6.42 Å². The lowest BCUT2D eigenvalue weighted by molar-refractivity contribution is 1.15. The molecule has 0 aliphatic rings. The second kappa shape index (κ2) is 5.73. The van der Waals surface area contributed by atoms with E-state index in [0.29, 0.717) is 0 Å². The van der Waals surface area contributed by atoms with Crippen LogP contribution in [0.15, 0.2) is 72.8 Å². The zero-order valence-corrected chi connectivity index (χ0v) is 13.1. The fraction of sp³-hybridized carbons (Fsp3) is 0.0952. The molecule has 0 unspecified atom stereocenters. The molecular weight excluding hydrogens is 280 g/mol. The third kappa shape index (κ3) is 2.53. The van der Waals surface area contributed by atoms with E-state index in [2.05, 4.69) is 66.5 Å². The maximum Gasteiger partial charge on any atom is 0.138 e. The van der Waals surface area contributed by atoms with Crippen molar-refractivity contribution in [2.24, 2.45) is 0 Å². The molecule has 0 fully saturated rings. The lowest BCUT2D eigenvalue weighted by Gasteiger charge is -2.08. The largest absolute Gasteiger partial charge is 0.338 e. The summed E-state index contributed by atoms with van der Waals surface area (Å²) in [5, 5.41) is 0. The standard InChI is InChI=1S/C21H18N2/c1-2-15-13-19-20(14-18(15)16-9-5-3-6-10-16)23-21(22-19)17-11-7-4-8-12-17/h3-14H,2H2,1H3,(H,22,23). The highest BCUT2D eigenvalue weighted by molar-refractivity contribution is 5.86. The fourth-order valence-electron chi connectivity index (χ4n) is 3.01. The SMILES string of the molecule is CCc1cc2[nH]c(-c3ccccc3)nc2cc1-c1ccccc1. The van der Waals surface area contributed by atoms with E-state index in [1.165, 1.54) is 16.7 Å². The number of hydrogen-bond donors (Lipinski definition) is 1. The average Bonchev–Trinajstić information content (AvgIpc) is 3.05. The molecule has 2 heteroatoms. The summed E-state index contributed by atoms with van der Waals surface area (Å²) >= 11 is 0. The van der Waals surface area contributed by atoms with E-state index in [9.17, 15) is 0 Å². The molecule has 0 aliphatic heterocycles. The topological polar surface area (TPSA) is 28.7 Å². The van der Waals surface area contributed by atoms with Crippen LogP contribution in [0.4, 0.5) is 0 Å². The van der Waals surface area contributed by atoms with E-state index < -0.39 is 0 Å². The molecule has 0 atom stereocenters. The van der Waals surface area contributed by atoms with Gasteiger partial charge in [-0.3, -0.25) is 0 Å². The van der Waals surface area contributed by atoms with E-state index >= 15 is 0 Å². The number of nitrogens with one attached hydrogen (secondary N) is 1. The van der Waals surface area contributed by atoms with Crippen molar-refractivity contribution >= 4 is 11.0 Å². The van der Waals surface area contributed by atoms with Crippen LogP contribution in [0.1, 0.15) is 12.5 Å². The molecule has 0 saturated carbocycles. The van der Waals surface area contributed by atoms with Crippen LogP contribution < -0.4 is 0 Å². The Morgan fingerprint density at radius 2 is 1.48 bits per heavy atom. The molecule has 0 bridgehead atoms. The van der Waals surface area contributed by atoms with Crippen LogP contribution in [-0.4, -0.2) is 9.97 Å². The monoisotopic (exact) mass is 298 g/mol. The lowest BCUT2D eigenvalue weighted by atomic mass is 9.97. The highest BCUT2D eigenvalue weighted by atomic mass is 14.9. The normalized spacial score (nSPS) is 11.0. The molecule has 0 spiro atoms. The minimum atomic E-state index is 0.924. The van der Waals surface area contributed by atoms with Gasteiger partial charge in [0.25, 0.3) is 0 Å². The summed E-state index contributed by atoms with van der Waals surface area (Å²) in [6.07, 6.45) is 1.000. The molecule has 4 rings (SSSR count). The summed E-state index contributed by atoms with van der Waals surface area (Å²) in [6, 6.07) is 25.2. The Morgan fingerprint density at radius 3 is 2.13 bits per heavy atom. The van der Waals surface area contributed by atoms with Gasteiger partial charge in [-0.05, 0) is 35.2 Å². The predicted molar refractivity (Wildman–Crippen MR) is 96.3 cm³/mol. The molecule has 23 heavy (non-hydrogen) atoms. The van der Waals surface area contributed by atoms with Crippen molar-refractivity contribution in [2.75, 3.05) is 0 Å². The van der Waals surface area contributed by atoms with Gasteiger partial charge < -0.3 is 4.98 Å². The van der Waals surface area contributed by atoms with E-state index in [-0.39, 0.29) is 0 Å². The van der Waals surface area contributed by atoms with E-state index in [0.717, 1.165) is 28.8 Å². The second-order valence-corrected chi connectivity index (χ2v) is 5.70. The van der Waals surface area contributed by atoms with E-state index in [1.54, 1.807) is 0 Å². The Morgan fingerprint density at radius 1 is 0.826 bits per heavy atom. The summed E-state index contributed by atoms with van der Waals surface area (Å²) in [5.74, 6) is 0.924. The molecule has 0 aliphatic carbocycles. The lowest BCUT2D eigenvalue weighted by Crippen LogP contribution is -1.88. The number of fused-ring (bicyclic) bond motifs is 1. The van der Waals surface area contributed by atoms with Crippen molar-refractivity contribution in [3.05, 3.63) is 78.4 Å². The van der Waals surface area contributed by atoms with Gasteiger partial charge in [0.1, 0.15) is 5.82 Å². The third-order valence-electron chi connectivity index (χ3n) is 4.22. The molecule has 1 N–H and O–H groups in total. The molecule has 3 aromatic carbocycles. The molecule has 4 aromatic rings. The van der Waals surface area contributed by atoms with Gasteiger partial charge in [0.05, 0.1) is 11.0 Å². The maximum atomic E-state index is 4.79. The zero-order valence-electron chi connectivity index (χ0n) is 13.1. The average molecular weight is 298 g/mol. The zero-order chi connectivity index (χ0) is 15.6. The summed E-state index contributed by atoms with van der Waals surface area (Å²) in [7, 11) is 0. The van der Waals surface area contributed by atoms with Gasteiger partial charge >= 0.3 is 0 Å². The Hall–Kier alpha value is -2.87. The molecule has 2 nitrogen and oxygen atoms in total. The fourth-order valence-corrected chi connectivity index (χ4v) is 3.01. The van der Waals surface area contributed by atoms with Crippen LogP contribution >= 0.6 is 0 Å². The first-order valence-corrected chi connectivity index (χ1v) is 7.98. The van der Waals surface area contributed by atoms with Gasteiger partial charge in [-0.15, -0.1) is 0 Å². The Bertz CT molecular complexity index is 938. The van der Waals surface area contributed by atoms with Crippen molar-refractivity contribution < 1.29 is 0 Å². The Kier molecular flexibility index (Phi) is 3.43. The number of aromatic nitrogens is 2. The smallest absolute Gasteiger partial charge is 0.138 e. The van der Waals surface area contributed by atoms with Gasteiger partial charge in [-0.2, -0.15) is 0 Å². The van der Waals surface area contributed by atoms with E-state index in [1.807, 2.05) is 18.2 Å². The first kappa shape index (κ1) is 13.8. The number of imidazole rings is 1. The van der Waals surface area contributed by atoms with Crippen LogP contribution in [0.2, 0.25) is 0 Å². The van der Waals surface area contributed by atoms with Crippen LogP contribution in [0, 0.1) is 0 Å². The Labute approximate surface area is 135 Å². The summed E-state index contributed by atoms with van der Waals surface area (Å²) in [4.78, 5) is 8.24. The number of nitrogens with zero attached hydrogens (tertiary/aromatic N) is 1. The third-order valence-corrected chi connectivity index (χ3v) is 4.22. The van der Waals surface area contributed by atoms with Crippen LogP contribution in [0.3, 0.4) is 0 Å². The highest BCUT2D eigenvalue weighted by Gasteiger charge is 2.10. The van der Waals surface area contributed by atoms with Crippen LogP contribution in [0.25, 0.3) is 33.5 Å². The quantitative estimate of drug-likeness (QED) is 0.534. The van der Waals surface area contributed by atoms with Crippen molar-refractivity contribution in [1.82, 2.24) is 9.97 Å². The summed E-state index contributed by atoms with van der Waals surface area (Å²) in [5.41, 5.74) is 7.08. The maximum absolute atomic E-state index is 4.79. The second-order valence-electron chi connectivity index (χ2n) is 5.70. The first-order valence-electron chi connectivity index (χ1n) is 7.98. The van der Waals surface area contributed by atoms with E-state index in [4.69, 9.17) is 4.98 Å². The number of hydrogen-bond acceptors (Lipinski definition) is 1. The molecule has 112 valence electrons. The molecule has 0 radical (unpaired) electrons. The van der Waals surface area contributed by atoms with Gasteiger partial charge in [-0.25, -0.2) is 4.98 Å². The number of aryl methyl sites for hydroxylation is 1. The van der Waals surface area contributed by atoms with Crippen LogP contribution in [0.5, 0.6) is 0 Å². The molecule has 0 saturated heterocycles. The van der Waals surface area contributed by atoms with Crippen molar-refractivity contribution in [2.45, 2.75) is 13.3 Å². The highest BCUT2D eigenvalue weighted by Crippen LogP contribution is 2.29. The van der Waals surface area contributed by atoms with Gasteiger partial charge in [-0.1, -0.05) is 67.6 Å². The van der Waals surface area contributed by atoms with Gasteiger partial charge in [0.15, 0.2) is 0 Å². The molecule has 0 amide bonds. The summed E-state index contributed by atoms with van der Waals surface area (Å²) < 4.78 is 0.